The van der Waals surface area contributed by atoms with Crippen LogP contribution in [0.4, 0.5) is 39.5 Å². The molecule has 0 saturated heterocycles. The SMILES string of the molecule is OC(F)(F)C(F)(F)C(F)(F)C(F)C(F)F. The van der Waals surface area contributed by atoms with Gasteiger partial charge in [0.05, 0.1) is 0 Å². The van der Waals surface area contributed by atoms with Crippen molar-refractivity contribution in [1.29, 1.82) is 0 Å². The van der Waals surface area contributed by atoms with E-state index in [1.807, 2.05) is 0 Å². The Labute approximate surface area is 76.5 Å². The standard InChI is InChI=1S/C5H3F9O/c6-1(2(7)8)3(9,10)4(11,12)5(13,14)15/h1-2,15H. The molecule has 0 aliphatic heterocycles. The molecule has 92 valence electrons. The zero-order chi connectivity index (χ0) is 12.7. The predicted octanol–water partition coefficient (Wildman–Crippen LogP) is 2.45. The van der Waals surface area contributed by atoms with E-state index in [1.165, 1.54) is 0 Å². The van der Waals surface area contributed by atoms with Crippen molar-refractivity contribution in [1.82, 2.24) is 0 Å². The largest absolute Gasteiger partial charge is 0.423 e. The number of hydrogen-bond donors (Lipinski definition) is 1. The van der Waals surface area contributed by atoms with E-state index in [9.17, 15) is 39.5 Å². The normalized spacial score (nSPS) is 17.0. The lowest BCUT2D eigenvalue weighted by molar-refractivity contribution is -0.396. The Morgan fingerprint density at radius 3 is 1.33 bits per heavy atom. The van der Waals surface area contributed by atoms with Gasteiger partial charge in [0.2, 0.25) is 6.17 Å². The summed E-state index contributed by atoms with van der Waals surface area (Å²) in [6.07, 6.45) is -15.7. The Bertz CT molecular complexity index is 219. The quantitative estimate of drug-likeness (QED) is 0.760. The molecule has 1 N–H and O–H groups in total. The summed E-state index contributed by atoms with van der Waals surface area (Å²) in [4.78, 5) is 0. The van der Waals surface area contributed by atoms with E-state index in [1.54, 1.807) is 0 Å². The minimum Gasteiger partial charge on any atom is -0.331 e. The highest BCUT2D eigenvalue weighted by Crippen LogP contribution is 2.47. The minimum absolute atomic E-state index is 4.59. The molecule has 0 aromatic rings. The van der Waals surface area contributed by atoms with Crippen LogP contribution < -0.4 is 0 Å². The first kappa shape index (κ1) is 14.3. The van der Waals surface area contributed by atoms with Crippen LogP contribution in [-0.2, 0) is 0 Å². The molecule has 0 amide bonds. The number of alkyl halides is 9. The van der Waals surface area contributed by atoms with Gasteiger partial charge in [-0.3, -0.25) is 0 Å². The number of halogens is 9. The molecular weight excluding hydrogens is 247 g/mol. The van der Waals surface area contributed by atoms with Gasteiger partial charge in [-0.1, -0.05) is 0 Å². The summed E-state index contributed by atoms with van der Waals surface area (Å²) in [6.45, 7) is 0. The lowest BCUT2D eigenvalue weighted by Gasteiger charge is -2.30. The van der Waals surface area contributed by atoms with Crippen molar-refractivity contribution in [2.45, 2.75) is 30.6 Å². The molecule has 0 heterocycles. The summed E-state index contributed by atoms with van der Waals surface area (Å²) < 4.78 is 106. The number of rotatable bonds is 4. The molecule has 15 heavy (non-hydrogen) atoms. The molecule has 0 rings (SSSR count). The molecular formula is C5H3F9O. The van der Waals surface area contributed by atoms with Gasteiger partial charge in [-0.15, -0.1) is 0 Å². The van der Waals surface area contributed by atoms with E-state index in [0.717, 1.165) is 0 Å². The molecule has 0 aliphatic carbocycles. The van der Waals surface area contributed by atoms with Gasteiger partial charge >= 0.3 is 18.0 Å². The van der Waals surface area contributed by atoms with E-state index in [2.05, 4.69) is 0 Å². The van der Waals surface area contributed by atoms with Crippen LogP contribution in [0, 0.1) is 0 Å². The second kappa shape index (κ2) is 3.72. The minimum atomic E-state index is -6.63. The highest BCUT2D eigenvalue weighted by atomic mass is 19.4. The topological polar surface area (TPSA) is 20.2 Å². The van der Waals surface area contributed by atoms with Gasteiger partial charge in [0.15, 0.2) is 0 Å². The average Bonchev–Trinajstić information content (AvgIpc) is 2.00. The van der Waals surface area contributed by atoms with Crippen molar-refractivity contribution >= 4 is 0 Å². The maximum absolute atomic E-state index is 12.1. The fourth-order valence-corrected chi connectivity index (χ4v) is 0.532. The Hall–Kier alpha value is -0.670. The molecule has 10 heteroatoms. The zero-order valence-corrected chi connectivity index (χ0v) is 6.50. The van der Waals surface area contributed by atoms with E-state index >= 15 is 0 Å². The maximum atomic E-state index is 12.1. The van der Waals surface area contributed by atoms with Gasteiger partial charge in [-0.05, 0) is 0 Å². The Kier molecular flexibility index (Phi) is 3.56. The fraction of sp³-hybridized carbons (Fsp3) is 1.00. The molecule has 1 nitrogen and oxygen atoms in total. The second-order valence-electron chi connectivity index (χ2n) is 2.47. The molecule has 1 unspecified atom stereocenters. The van der Waals surface area contributed by atoms with Crippen LogP contribution in [0.15, 0.2) is 0 Å². The van der Waals surface area contributed by atoms with E-state index in [-0.39, 0.29) is 0 Å². The molecule has 0 aromatic carbocycles. The summed E-state index contributed by atoms with van der Waals surface area (Å²) >= 11 is 0. The first-order valence-corrected chi connectivity index (χ1v) is 3.13. The zero-order valence-electron chi connectivity index (χ0n) is 6.50. The van der Waals surface area contributed by atoms with Crippen molar-refractivity contribution in [3.8, 4) is 0 Å². The third-order valence-corrected chi connectivity index (χ3v) is 1.36. The van der Waals surface area contributed by atoms with Crippen molar-refractivity contribution in [3.63, 3.8) is 0 Å². The van der Waals surface area contributed by atoms with Crippen LogP contribution in [0.2, 0.25) is 0 Å². The summed E-state index contributed by atoms with van der Waals surface area (Å²) in [5, 5.41) is 7.34. The van der Waals surface area contributed by atoms with Gasteiger partial charge in [-0.25, -0.2) is 13.2 Å². The van der Waals surface area contributed by atoms with Crippen LogP contribution in [0.25, 0.3) is 0 Å². The highest BCUT2D eigenvalue weighted by Gasteiger charge is 2.76. The monoisotopic (exact) mass is 250 g/mol. The number of aliphatic hydroxyl groups is 1. The van der Waals surface area contributed by atoms with Gasteiger partial charge in [0.1, 0.15) is 0 Å². The molecule has 0 spiro atoms. The summed E-state index contributed by atoms with van der Waals surface area (Å²) in [5.41, 5.74) is 0. The molecule has 0 bridgehead atoms. The first-order chi connectivity index (χ1) is 6.35. The van der Waals surface area contributed by atoms with Gasteiger partial charge in [-0.2, -0.15) is 26.3 Å². The van der Waals surface area contributed by atoms with Gasteiger partial charge < -0.3 is 5.11 Å². The van der Waals surface area contributed by atoms with Crippen LogP contribution in [-0.4, -0.2) is 35.7 Å². The smallest absolute Gasteiger partial charge is 0.331 e. The van der Waals surface area contributed by atoms with Crippen molar-refractivity contribution in [2.75, 3.05) is 0 Å². The second-order valence-corrected chi connectivity index (χ2v) is 2.47. The van der Waals surface area contributed by atoms with Crippen LogP contribution in [0.1, 0.15) is 0 Å². The third-order valence-electron chi connectivity index (χ3n) is 1.36. The maximum Gasteiger partial charge on any atom is 0.423 e. The fourth-order valence-electron chi connectivity index (χ4n) is 0.532. The van der Waals surface area contributed by atoms with Gasteiger partial charge in [0, 0.05) is 0 Å². The van der Waals surface area contributed by atoms with Gasteiger partial charge in [0.25, 0.3) is 6.43 Å². The first-order valence-electron chi connectivity index (χ1n) is 3.13. The Morgan fingerprint density at radius 1 is 0.800 bits per heavy atom. The molecule has 0 aromatic heterocycles. The van der Waals surface area contributed by atoms with E-state index in [4.69, 9.17) is 5.11 Å². The molecule has 0 fully saturated rings. The summed E-state index contributed by atoms with van der Waals surface area (Å²) in [5.74, 6) is -13.0. The number of hydrogen-bond acceptors (Lipinski definition) is 1. The van der Waals surface area contributed by atoms with Crippen LogP contribution in [0.5, 0.6) is 0 Å². The Balaban J connectivity index is 5.19. The predicted molar refractivity (Wildman–Crippen MR) is 28.0 cm³/mol. The molecule has 0 radical (unpaired) electrons. The lowest BCUT2D eigenvalue weighted by atomic mass is 10.1. The van der Waals surface area contributed by atoms with E-state index in [0.29, 0.717) is 0 Å². The Morgan fingerprint density at radius 2 is 1.13 bits per heavy atom. The lowest BCUT2D eigenvalue weighted by Crippen LogP contribution is -2.59. The van der Waals surface area contributed by atoms with Crippen molar-refractivity contribution in [2.24, 2.45) is 0 Å². The van der Waals surface area contributed by atoms with E-state index < -0.39 is 30.6 Å². The van der Waals surface area contributed by atoms with Crippen molar-refractivity contribution < 1.29 is 44.6 Å². The van der Waals surface area contributed by atoms with Crippen LogP contribution in [0.3, 0.4) is 0 Å². The highest BCUT2D eigenvalue weighted by molar-refractivity contribution is 4.96. The molecule has 1 atom stereocenters. The van der Waals surface area contributed by atoms with Crippen molar-refractivity contribution in [3.05, 3.63) is 0 Å². The summed E-state index contributed by atoms with van der Waals surface area (Å²) in [7, 11) is 0. The third kappa shape index (κ3) is 2.29. The molecule has 0 aliphatic rings. The molecule has 0 saturated carbocycles. The summed E-state index contributed by atoms with van der Waals surface area (Å²) in [6, 6.07) is 0. The average molecular weight is 250 g/mol. The van der Waals surface area contributed by atoms with Crippen LogP contribution >= 0.6 is 0 Å².